The fourth-order valence-corrected chi connectivity index (χ4v) is 2.81. The minimum atomic E-state index is -3.05. The molecule has 1 saturated heterocycles. The SMILES string of the molecule is CCOC(CN1CCN(S(C)(=O)=O)CC1)OCC. The zero-order valence-corrected chi connectivity index (χ0v) is 12.3. The Bertz CT molecular complexity index is 320. The van der Waals surface area contributed by atoms with Crippen LogP contribution >= 0.6 is 0 Å². The lowest BCUT2D eigenvalue weighted by Crippen LogP contribution is -2.50. The maximum atomic E-state index is 11.4. The van der Waals surface area contributed by atoms with Crippen LogP contribution in [0.3, 0.4) is 0 Å². The van der Waals surface area contributed by atoms with Crippen molar-refractivity contribution in [3.05, 3.63) is 0 Å². The number of ether oxygens (including phenoxy) is 2. The van der Waals surface area contributed by atoms with Gasteiger partial charge >= 0.3 is 0 Å². The number of hydrogen-bond donors (Lipinski definition) is 0. The molecule has 0 amide bonds. The van der Waals surface area contributed by atoms with E-state index in [1.54, 1.807) is 0 Å². The minimum absolute atomic E-state index is 0.218. The van der Waals surface area contributed by atoms with E-state index >= 15 is 0 Å². The second-order valence-corrected chi connectivity index (χ2v) is 6.29. The monoisotopic (exact) mass is 280 g/mol. The summed E-state index contributed by atoms with van der Waals surface area (Å²) in [5.41, 5.74) is 0. The lowest BCUT2D eigenvalue weighted by molar-refractivity contribution is -0.148. The van der Waals surface area contributed by atoms with Crippen LogP contribution in [0.5, 0.6) is 0 Å². The third-order valence-corrected chi connectivity index (χ3v) is 4.22. The van der Waals surface area contributed by atoms with E-state index in [0.717, 1.165) is 13.1 Å². The average molecular weight is 280 g/mol. The highest BCUT2D eigenvalue weighted by Crippen LogP contribution is 2.08. The van der Waals surface area contributed by atoms with Crippen molar-refractivity contribution < 1.29 is 17.9 Å². The van der Waals surface area contributed by atoms with Gasteiger partial charge in [0.1, 0.15) is 0 Å². The third kappa shape index (κ3) is 5.19. The minimum Gasteiger partial charge on any atom is -0.352 e. The molecule has 0 N–H and O–H groups in total. The van der Waals surface area contributed by atoms with Crippen molar-refractivity contribution in [2.75, 3.05) is 52.2 Å². The van der Waals surface area contributed by atoms with Crippen LogP contribution in [-0.4, -0.2) is 76.1 Å². The number of piperazine rings is 1. The quantitative estimate of drug-likeness (QED) is 0.613. The van der Waals surface area contributed by atoms with Crippen molar-refractivity contribution in [1.82, 2.24) is 9.21 Å². The largest absolute Gasteiger partial charge is 0.352 e. The smallest absolute Gasteiger partial charge is 0.211 e. The second kappa shape index (κ2) is 7.40. The Labute approximate surface area is 110 Å². The zero-order chi connectivity index (χ0) is 13.6. The molecule has 0 spiro atoms. The Morgan fingerprint density at radius 3 is 1.94 bits per heavy atom. The van der Waals surface area contributed by atoms with Gasteiger partial charge in [0.2, 0.25) is 10.0 Å². The fourth-order valence-electron chi connectivity index (χ4n) is 1.98. The molecule has 18 heavy (non-hydrogen) atoms. The highest BCUT2D eigenvalue weighted by atomic mass is 32.2. The van der Waals surface area contributed by atoms with E-state index in [-0.39, 0.29) is 6.29 Å². The predicted molar refractivity (Wildman–Crippen MR) is 69.9 cm³/mol. The first-order valence-electron chi connectivity index (χ1n) is 6.38. The Morgan fingerprint density at radius 1 is 1.06 bits per heavy atom. The molecule has 1 rings (SSSR count). The first kappa shape index (κ1) is 15.8. The summed E-state index contributed by atoms with van der Waals surface area (Å²) >= 11 is 0. The summed E-state index contributed by atoms with van der Waals surface area (Å²) in [4.78, 5) is 2.18. The molecule has 0 aliphatic carbocycles. The van der Waals surface area contributed by atoms with Gasteiger partial charge in [-0.05, 0) is 13.8 Å². The van der Waals surface area contributed by atoms with Gasteiger partial charge in [0.25, 0.3) is 0 Å². The summed E-state index contributed by atoms with van der Waals surface area (Å²) in [6.45, 7) is 8.35. The van der Waals surface area contributed by atoms with Crippen LogP contribution in [0.15, 0.2) is 0 Å². The summed E-state index contributed by atoms with van der Waals surface area (Å²) in [6.07, 6.45) is 1.04. The molecule has 1 fully saturated rings. The second-order valence-electron chi connectivity index (χ2n) is 4.30. The molecule has 0 aromatic heterocycles. The molecule has 1 heterocycles. The molecule has 6 nitrogen and oxygen atoms in total. The van der Waals surface area contributed by atoms with Crippen LogP contribution < -0.4 is 0 Å². The van der Waals surface area contributed by atoms with E-state index in [1.165, 1.54) is 10.6 Å². The van der Waals surface area contributed by atoms with Crippen molar-refractivity contribution in [3.63, 3.8) is 0 Å². The molecule has 108 valence electrons. The molecule has 0 unspecified atom stereocenters. The summed E-state index contributed by atoms with van der Waals surface area (Å²) < 4.78 is 35.2. The molecule has 7 heteroatoms. The molecular weight excluding hydrogens is 256 g/mol. The predicted octanol–water partition coefficient (Wildman–Crippen LogP) is -0.0373. The van der Waals surface area contributed by atoms with Gasteiger partial charge in [-0.2, -0.15) is 4.31 Å². The first-order valence-corrected chi connectivity index (χ1v) is 8.22. The van der Waals surface area contributed by atoms with Crippen LogP contribution in [0, 0.1) is 0 Å². The molecule has 0 saturated carbocycles. The molecule has 1 aliphatic heterocycles. The van der Waals surface area contributed by atoms with Crippen LogP contribution in [0.2, 0.25) is 0 Å². The summed E-state index contributed by atoms with van der Waals surface area (Å²) in [7, 11) is -3.05. The van der Waals surface area contributed by atoms with Gasteiger partial charge in [-0.15, -0.1) is 0 Å². The lowest BCUT2D eigenvalue weighted by Gasteiger charge is -2.34. The van der Waals surface area contributed by atoms with Gasteiger partial charge in [0.05, 0.1) is 6.26 Å². The number of nitrogens with zero attached hydrogens (tertiary/aromatic N) is 2. The summed E-state index contributed by atoms with van der Waals surface area (Å²) in [5.74, 6) is 0. The molecule has 0 atom stereocenters. The topological polar surface area (TPSA) is 59.1 Å². The van der Waals surface area contributed by atoms with Crippen LogP contribution in [0.25, 0.3) is 0 Å². The van der Waals surface area contributed by atoms with Crippen LogP contribution in [-0.2, 0) is 19.5 Å². The molecule has 0 radical (unpaired) electrons. The van der Waals surface area contributed by atoms with Gasteiger partial charge in [-0.25, -0.2) is 8.42 Å². The number of sulfonamides is 1. The van der Waals surface area contributed by atoms with Gasteiger partial charge < -0.3 is 9.47 Å². The van der Waals surface area contributed by atoms with Crippen LogP contribution in [0.1, 0.15) is 13.8 Å². The van der Waals surface area contributed by atoms with Crippen molar-refractivity contribution in [3.8, 4) is 0 Å². The van der Waals surface area contributed by atoms with Crippen molar-refractivity contribution in [2.45, 2.75) is 20.1 Å². The standard InChI is InChI=1S/C11H24N2O4S/c1-4-16-11(17-5-2)10-12-6-8-13(9-7-12)18(3,14)15/h11H,4-10H2,1-3H3. The molecule has 0 aromatic carbocycles. The van der Waals surface area contributed by atoms with E-state index in [0.29, 0.717) is 32.8 Å². The van der Waals surface area contributed by atoms with Crippen molar-refractivity contribution in [2.24, 2.45) is 0 Å². The zero-order valence-electron chi connectivity index (χ0n) is 11.5. The van der Waals surface area contributed by atoms with E-state index in [2.05, 4.69) is 4.90 Å². The maximum Gasteiger partial charge on any atom is 0.211 e. The Kier molecular flexibility index (Phi) is 6.51. The fraction of sp³-hybridized carbons (Fsp3) is 1.00. The molecular formula is C11H24N2O4S. The van der Waals surface area contributed by atoms with Gasteiger partial charge in [-0.1, -0.05) is 0 Å². The highest BCUT2D eigenvalue weighted by Gasteiger charge is 2.25. The average Bonchev–Trinajstić information content (AvgIpc) is 2.29. The van der Waals surface area contributed by atoms with Crippen molar-refractivity contribution >= 4 is 10.0 Å². The molecule has 1 aliphatic rings. The van der Waals surface area contributed by atoms with Crippen molar-refractivity contribution in [1.29, 1.82) is 0 Å². The van der Waals surface area contributed by atoms with Gasteiger partial charge in [0, 0.05) is 45.9 Å². The van der Waals surface area contributed by atoms with Gasteiger partial charge in [0.15, 0.2) is 6.29 Å². The molecule has 0 bridgehead atoms. The lowest BCUT2D eigenvalue weighted by atomic mass is 10.3. The molecule has 0 aromatic rings. The van der Waals surface area contributed by atoms with Crippen LogP contribution in [0.4, 0.5) is 0 Å². The third-order valence-electron chi connectivity index (χ3n) is 2.91. The van der Waals surface area contributed by atoms with E-state index < -0.39 is 10.0 Å². The Hall–Kier alpha value is -0.210. The highest BCUT2D eigenvalue weighted by molar-refractivity contribution is 7.88. The number of rotatable bonds is 7. The van der Waals surface area contributed by atoms with E-state index in [4.69, 9.17) is 9.47 Å². The summed E-state index contributed by atoms with van der Waals surface area (Å²) in [6, 6.07) is 0. The normalized spacial score (nSPS) is 19.6. The van der Waals surface area contributed by atoms with E-state index in [9.17, 15) is 8.42 Å². The van der Waals surface area contributed by atoms with E-state index in [1.807, 2.05) is 13.8 Å². The summed E-state index contributed by atoms with van der Waals surface area (Å²) in [5, 5.41) is 0. The Balaban J connectivity index is 2.38. The Morgan fingerprint density at radius 2 is 1.56 bits per heavy atom. The maximum absolute atomic E-state index is 11.4. The van der Waals surface area contributed by atoms with Gasteiger partial charge in [-0.3, -0.25) is 4.90 Å². The first-order chi connectivity index (χ1) is 8.47. The number of hydrogen-bond acceptors (Lipinski definition) is 5.